The van der Waals surface area contributed by atoms with Crippen molar-refractivity contribution in [2.24, 2.45) is 11.8 Å². The van der Waals surface area contributed by atoms with E-state index >= 15 is 0 Å². The number of carbonyl (C=O) groups excluding carboxylic acids is 1. The summed E-state index contributed by atoms with van der Waals surface area (Å²) in [6, 6.07) is 23.8. The summed E-state index contributed by atoms with van der Waals surface area (Å²) in [5.41, 5.74) is 1.88. The normalized spacial score (nSPS) is 25.4. The van der Waals surface area contributed by atoms with E-state index in [1.165, 1.54) is 6.08 Å². The van der Waals surface area contributed by atoms with Crippen LogP contribution in [0.25, 0.3) is 0 Å². The highest BCUT2D eigenvalue weighted by Gasteiger charge is 2.52. The van der Waals surface area contributed by atoms with Gasteiger partial charge < -0.3 is 37.6 Å². The monoisotopic (exact) mass is 812 g/mol. The fourth-order valence-electron chi connectivity index (χ4n) is 8.63. The molecule has 2 aliphatic rings. The second-order valence-corrected chi connectivity index (χ2v) is 25.7. The number of esters is 1. The first-order valence-electron chi connectivity index (χ1n) is 21.4. The Bertz CT molecular complexity index is 1450. The molecule has 0 bridgehead atoms. The maximum atomic E-state index is 12.8. The quantitative estimate of drug-likeness (QED) is 0.0668. The van der Waals surface area contributed by atoms with E-state index in [9.17, 15) is 9.90 Å². The van der Waals surface area contributed by atoms with E-state index in [2.05, 4.69) is 48.5 Å². The molecule has 0 aliphatic carbocycles. The van der Waals surface area contributed by atoms with Crippen molar-refractivity contribution in [2.45, 2.75) is 167 Å². The van der Waals surface area contributed by atoms with Crippen LogP contribution in [-0.4, -0.2) is 77.7 Å². The number of aliphatic hydroxyl groups is 1. The Morgan fingerprint density at radius 1 is 0.911 bits per heavy atom. The highest BCUT2D eigenvalue weighted by molar-refractivity contribution is 6.74. The second kappa shape index (κ2) is 22.1. The van der Waals surface area contributed by atoms with Crippen molar-refractivity contribution in [1.82, 2.24) is 0 Å². The standard InChI is InChI=1S/C45H72O9Si2/c1-10-55(11-2,12-3)51-28-27-40-41(54-56(13-4,14-5)15-6)29-42-44(52-40)35(8)31-45(47,53-42)30-34(7)39(49-32-37-21-23-38(48-9)24-22-37)25-26-43(46)50-33-36-19-17-16-18-20-36/h16-26,34-35,39-42,44,47H,10-15,27-33H2,1-9H3/b26-25+/t34-,35-,39+,40+,41+,42-,44-,45?/m0/s1. The first kappa shape index (κ1) is 46.3. The molecule has 0 saturated carbocycles. The van der Waals surface area contributed by atoms with Gasteiger partial charge in [0.25, 0.3) is 0 Å². The van der Waals surface area contributed by atoms with Crippen LogP contribution in [0.2, 0.25) is 36.3 Å². The van der Waals surface area contributed by atoms with E-state index in [1.807, 2.05) is 61.5 Å². The molecule has 11 heteroatoms. The van der Waals surface area contributed by atoms with Crippen LogP contribution in [0.3, 0.4) is 0 Å². The molecule has 56 heavy (non-hydrogen) atoms. The SMILES string of the molecule is CC[Si](CC)(CC)OCC[C@H]1O[C@@H]2[C@H](C[C@H]1O[Si](CC)(CC)CC)OC(O)(C[C@H](C)[C@@H](/C=C/C(=O)OCc1ccccc1)OCc1ccc(OC)cc1)C[C@@H]2C. The van der Waals surface area contributed by atoms with Crippen LogP contribution < -0.4 is 4.74 Å². The van der Waals surface area contributed by atoms with E-state index in [-0.39, 0.29) is 42.9 Å². The summed E-state index contributed by atoms with van der Waals surface area (Å²) in [6.07, 6.45) is 4.23. The average molecular weight is 813 g/mol. The summed E-state index contributed by atoms with van der Waals surface area (Å²) in [7, 11) is -2.07. The minimum absolute atomic E-state index is 0.0541. The first-order chi connectivity index (χ1) is 26.9. The highest BCUT2D eigenvalue weighted by Crippen LogP contribution is 2.44. The number of ether oxygens (including phenoxy) is 5. The zero-order valence-corrected chi connectivity index (χ0v) is 37.8. The van der Waals surface area contributed by atoms with E-state index < -0.39 is 34.5 Å². The molecular weight excluding hydrogens is 741 g/mol. The third-order valence-electron chi connectivity index (χ3n) is 12.7. The number of fused-ring (bicyclic) bond motifs is 1. The molecule has 9 nitrogen and oxygen atoms in total. The summed E-state index contributed by atoms with van der Waals surface area (Å²) >= 11 is 0. The van der Waals surface area contributed by atoms with E-state index in [1.54, 1.807) is 13.2 Å². The molecule has 4 rings (SSSR count). The predicted octanol–water partition coefficient (Wildman–Crippen LogP) is 9.98. The maximum absolute atomic E-state index is 12.8. The second-order valence-electron chi connectivity index (χ2n) is 16.2. The fraction of sp³-hybridized carbons (Fsp3) is 0.667. The highest BCUT2D eigenvalue weighted by atomic mass is 28.4. The van der Waals surface area contributed by atoms with Crippen LogP contribution in [0.15, 0.2) is 66.7 Å². The van der Waals surface area contributed by atoms with Crippen LogP contribution in [-0.2, 0) is 45.8 Å². The topological polar surface area (TPSA) is 102 Å². The van der Waals surface area contributed by atoms with Gasteiger partial charge in [0, 0.05) is 31.9 Å². The summed E-state index contributed by atoms with van der Waals surface area (Å²) in [4.78, 5) is 12.8. The molecule has 0 amide bonds. The first-order valence-corrected chi connectivity index (χ1v) is 26.5. The minimum Gasteiger partial charge on any atom is -0.497 e. The van der Waals surface area contributed by atoms with Gasteiger partial charge in [-0.05, 0) is 83.9 Å². The Morgan fingerprint density at radius 3 is 2.14 bits per heavy atom. The predicted molar refractivity (Wildman–Crippen MR) is 227 cm³/mol. The number of hydrogen-bond acceptors (Lipinski definition) is 9. The van der Waals surface area contributed by atoms with Gasteiger partial charge in [-0.15, -0.1) is 0 Å². The van der Waals surface area contributed by atoms with Gasteiger partial charge in [0.15, 0.2) is 22.4 Å². The molecule has 1 N–H and O–H groups in total. The fourth-order valence-corrected chi connectivity index (χ4v) is 14.2. The molecule has 2 aromatic carbocycles. The van der Waals surface area contributed by atoms with E-state index in [0.717, 1.165) is 59.6 Å². The van der Waals surface area contributed by atoms with Gasteiger partial charge >= 0.3 is 5.97 Å². The van der Waals surface area contributed by atoms with Gasteiger partial charge in [-0.3, -0.25) is 0 Å². The molecule has 2 aromatic rings. The Balaban J connectivity index is 1.49. The Morgan fingerprint density at radius 2 is 1.54 bits per heavy atom. The molecule has 2 aliphatic heterocycles. The van der Waals surface area contributed by atoms with Gasteiger partial charge in [0.05, 0.1) is 44.2 Å². The largest absolute Gasteiger partial charge is 0.497 e. The molecule has 0 radical (unpaired) electrons. The Kier molecular flexibility index (Phi) is 18.3. The van der Waals surface area contributed by atoms with Gasteiger partial charge in [-0.25, -0.2) is 4.79 Å². The van der Waals surface area contributed by atoms with Crippen molar-refractivity contribution in [3.05, 3.63) is 77.9 Å². The molecule has 2 heterocycles. The average Bonchev–Trinajstić information content (AvgIpc) is 3.21. The Labute approximate surface area is 340 Å². The number of carbonyl (C=O) groups is 1. The van der Waals surface area contributed by atoms with Gasteiger partial charge in [-0.2, -0.15) is 0 Å². The number of benzene rings is 2. The molecule has 2 fully saturated rings. The number of rotatable bonds is 23. The molecule has 1 unspecified atom stereocenters. The lowest BCUT2D eigenvalue weighted by Gasteiger charge is -2.52. The smallest absolute Gasteiger partial charge is 0.330 e. The molecule has 0 spiro atoms. The maximum Gasteiger partial charge on any atom is 0.330 e. The molecule has 0 aromatic heterocycles. The zero-order valence-electron chi connectivity index (χ0n) is 35.8. The van der Waals surface area contributed by atoms with Gasteiger partial charge in [0.2, 0.25) is 0 Å². The van der Waals surface area contributed by atoms with Crippen LogP contribution >= 0.6 is 0 Å². The number of hydrogen-bond donors (Lipinski definition) is 1. The van der Waals surface area contributed by atoms with Crippen molar-refractivity contribution in [3.63, 3.8) is 0 Å². The third-order valence-corrected chi connectivity index (χ3v) is 22.0. The van der Waals surface area contributed by atoms with Crippen molar-refractivity contribution in [1.29, 1.82) is 0 Å². The lowest BCUT2D eigenvalue weighted by Crippen LogP contribution is -2.61. The van der Waals surface area contributed by atoms with Crippen LogP contribution in [0.5, 0.6) is 5.75 Å². The summed E-state index contributed by atoms with van der Waals surface area (Å²) in [5.74, 6) is -1.24. The molecular formula is C45H72O9Si2. The van der Waals surface area contributed by atoms with Crippen LogP contribution in [0.4, 0.5) is 0 Å². The minimum atomic E-state index is -1.98. The molecule has 314 valence electrons. The summed E-state index contributed by atoms with van der Waals surface area (Å²) in [6.45, 7) is 19.0. The van der Waals surface area contributed by atoms with E-state index in [0.29, 0.717) is 32.5 Å². The zero-order chi connectivity index (χ0) is 40.8. The summed E-state index contributed by atoms with van der Waals surface area (Å²) < 4.78 is 44.9. The van der Waals surface area contributed by atoms with Crippen LogP contribution in [0, 0.1) is 11.8 Å². The van der Waals surface area contributed by atoms with E-state index in [4.69, 9.17) is 32.5 Å². The molecule has 8 atom stereocenters. The van der Waals surface area contributed by atoms with Crippen LogP contribution in [0.1, 0.15) is 92.2 Å². The number of methoxy groups -OCH3 is 1. The van der Waals surface area contributed by atoms with Crippen molar-refractivity contribution < 1.29 is 42.4 Å². The van der Waals surface area contributed by atoms with Gasteiger partial charge in [0.1, 0.15) is 12.4 Å². The summed E-state index contributed by atoms with van der Waals surface area (Å²) in [5, 5.41) is 12.3. The van der Waals surface area contributed by atoms with Crippen molar-refractivity contribution in [3.8, 4) is 5.75 Å². The van der Waals surface area contributed by atoms with Crippen molar-refractivity contribution in [2.75, 3.05) is 13.7 Å². The van der Waals surface area contributed by atoms with Gasteiger partial charge in [-0.1, -0.05) is 97.9 Å². The lowest BCUT2D eigenvalue weighted by atomic mass is 9.80. The Hall–Kier alpha value is -2.36. The van der Waals surface area contributed by atoms with Crippen molar-refractivity contribution >= 4 is 22.6 Å². The lowest BCUT2D eigenvalue weighted by molar-refractivity contribution is -0.328. The third kappa shape index (κ3) is 12.8. The molecule has 2 saturated heterocycles.